The van der Waals surface area contributed by atoms with E-state index in [1.54, 1.807) is 4.68 Å². The van der Waals surface area contributed by atoms with E-state index in [1.165, 1.54) is 32.1 Å². The third-order valence-electron chi connectivity index (χ3n) is 3.49. The number of nitrogens with one attached hydrogen (secondary N) is 1. The summed E-state index contributed by atoms with van der Waals surface area (Å²) in [4.78, 5) is 11.7. The van der Waals surface area contributed by atoms with Crippen LogP contribution in [0.1, 0.15) is 44.9 Å². The molecular formula is C13H21N3O. The fraction of sp³-hybridized carbons (Fsp3) is 0.692. The zero-order valence-electron chi connectivity index (χ0n) is 10.5. The van der Waals surface area contributed by atoms with Crippen LogP contribution in [0, 0.1) is 5.92 Å². The van der Waals surface area contributed by atoms with Crippen molar-refractivity contribution in [1.82, 2.24) is 9.78 Å². The lowest BCUT2D eigenvalue weighted by Crippen LogP contribution is -2.15. The highest BCUT2D eigenvalue weighted by atomic mass is 16.1. The number of carbonyl (C=O) groups is 1. The summed E-state index contributed by atoms with van der Waals surface area (Å²) in [6.07, 6.45) is 10.1. The van der Waals surface area contributed by atoms with Gasteiger partial charge in [-0.2, -0.15) is 5.10 Å². The monoisotopic (exact) mass is 235 g/mol. The fourth-order valence-corrected chi connectivity index (χ4v) is 2.50. The minimum absolute atomic E-state index is 0.0919. The van der Waals surface area contributed by atoms with Crippen LogP contribution in [0.2, 0.25) is 0 Å². The lowest BCUT2D eigenvalue weighted by atomic mass is 9.86. The summed E-state index contributed by atoms with van der Waals surface area (Å²) < 4.78 is 1.69. The maximum absolute atomic E-state index is 11.7. The second-order valence-corrected chi connectivity index (χ2v) is 4.97. The van der Waals surface area contributed by atoms with Crippen molar-refractivity contribution in [3.05, 3.63) is 12.3 Å². The number of rotatable bonds is 4. The van der Waals surface area contributed by atoms with Gasteiger partial charge in [-0.1, -0.05) is 32.1 Å². The summed E-state index contributed by atoms with van der Waals surface area (Å²) >= 11 is 0. The first kappa shape index (κ1) is 12.1. The van der Waals surface area contributed by atoms with E-state index in [2.05, 4.69) is 10.4 Å². The SMILES string of the molecule is Cn1ccc(NC(=O)CCC2CCCCC2)n1. The number of aryl methyl sites for hydroxylation is 1. The van der Waals surface area contributed by atoms with Gasteiger partial charge < -0.3 is 5.32 Å². The van der Waals surface area contributed by atoms with Gasteiger partial charge in [0, 0.05) is 25.7 Å². The molecule has 1 heterocycles. The molecule has 1 aliphatic rings. The molecule has 0 aliphatic heterocycles. The van der Waals surface area contributed by atoms with Gasteiger partial charge in [-0.25, -0.2) is 0 Å². The number of amides is 1. The Bertz CT molecular complexity index is 366. The van der Waals surface area contributed by atoms with Crippen molar-refractivity contribution in [2.45, 2.75) is 44.9 Å². The Hall–Kier alpha value is -1.32. The summed E-state index contributed by atoms with van der Waals surface area (Å²) in [5.74, 6) is 1.51. The lowest BCUT2D eigenvalue weighted by molar-refractivity contribution is -0.116. The van der Waals surface area contributed by atoms with Crippen molar-refractivity contribution in [1.29, 1.82) is 0 Å². The van der Waals surface area contributed by atoms with Crippen molar-refractivity contribution in [3.63, 3.8) is 0 Å². The number of carbonyl (C=O) groups excluding carboxylic acids is 1. The zero-order chi connectivity index (χ0) is 12.1. The van der Waals surface area contributed by atoms with Crippen molar-refractivity contribution in [3.8, 4) is 0 Å². The van der Waals surface area contributed by atoms with E-state index < -0.39 is 0 Å². The molecule has 0 bridgehead atoms. The van der Waals surface area contributed by atoms with Crippen LogP contribution in [0.25, 0.3) is 0 Å². The average Bonchev–Trinajstić information content (AvgIpc) is 2.73. The number of nitrogens with zero attached hydrogens (tertiary/aromatic N) is 2. The number of anilines is 1. The standard InChI is InChI=1S/C13H21N3O/c1-16-10-9-12(15-16)14-13(17)8-7-11-5-3-2-4-6-11/h9-11H,2-8H2,1H3,(H,14,15,17). The third kappa shape index (κ3) is 3.88. The Morgan fingerprint density at radius 1 is 1.47 bits per heavy atom. The predicted molar refractivity (Wildman–Crippen MR) is 67.6 cm³/mol. The molecule has 0 radical (unpaired) electrons. The normalized spacial score (nSPS) is 17.0. The summed E-state index contributed by atoms with van der Waals surface area (Å²) in [5, 5.41) is 6.96. The van der Waals surface area contributed by atoms with E-state index in [4.69, 9.17) is 0 Å². The summed E-state index contributed by atoms with van der Waals surface area (Å²) in [5.41, 5.74) is 0. The largest absolute Gasteiger partial charge is 0.309 e. The van der Waals surface area contributed by atoms with Gasteiger partial charge in [-0.05, 0) is 12.3 Å². The first-order valence-electron chi connectivity index (χ1n) is 6.53. The second kappa shape index (κ2) is 5.84. The van der Waals surface area contributed by atoms with Crippen molar-refractivity contribution < 1.29 is 4.79 Å². The average molecular weight is 235 g/mol. The van der Waals surface area contributed by atoms with Crippen molar-refractivity contribution in [2.24, 2.45) is 13.0 Å². The molecule has 4 heteroatoms. The van der Waals surface area contributed by atoms with Crippen LogP contribution in [0.15, 0.2) is 12.3 Å². The molecule has 2 rings (SSSR count). The van der Waals surface area contributed by atoms with E-state index in [-0.39, 0.29) is 5.91 Å². The van der Waals surface area contributed by atoms with Gasteiger partial charge in [-0.3, -0.25) is 9.48 Å². The van der Waals surface area contributed by atoms with E-state index in [0.717, 1.165) is 12.3 Å². The zero-order valence-corrected chi connectivity index (χ0v) is 10.5. The molecule has 1 aliphatic carbocycles. The molecule has 0 aromatic carbocycles. The van der Waals surface area contributed by atoms with Crippen LogP contribution in [-0.4, -0.2) is 15.7 Å². The van der Waals surface area contributed by atoms with Gasteiger partial charge in [0.15, 0.2) is 5.82 Å². The number of hydrogen-bond donors (Lipinski definition) is 1. The molecule has 0 saturated heterocycles. The Labute approximate surface area is 102 Å². The minimum Gasteiger partial charge on any atom is -0.309 e. The molecule has 0 atom stereocenters. The van der Waals surface area contributed by atoms with Crippen LogP contribution >= 0.6 is 0 Å². The maximum atomic E-state index is 11.7. The highest BCUT2D eigenvalue weighted by Gasteiger charge is 2.15. The quantitative estimate of drug-likeness (QED) is 0.872. The second-order valence-electron chi connectivity index (χ2n) is 4.97. The van der Waals surface area contributed by atoms with Crippen LogP contribution in [-0.2, 0) is 11.8 Å². The maximum Gasteiger partial charge on any atom is 0.225 e. The fourth-order valence-electron chi connectivity index (χ4n) is 2.50. The van der Waals surface area contributed by atoms with Crippen LogP contribution in [0.3, 0.4) is 0 Å². The minimum atomic E-state index is 0.0919. The Morgan fingerprint density at radius 3 is 2.88 bits per heavy atom. The van der Waals surface area contributed by atoms with Gasteiger partial charge in [0.2, 0.25) is 5.91 Å². The Kier molecular flexibility index (Phi) is 4.18. The smallest absolute Gasteiger partial charge is 0.225 e. The Balaban J connectivity index is 1.70. The molecule has 1 amide bonds. The number of hydrogen-bond acceptors (Lipinski definition) is 2. The molecule has 94 valence electrons. The molecule has 1 aromatic heterocycles. The molecule has 17 heavy (non-hydrogen) atoms. The highest BCUT2D eigenvalue weighted by molar-refractivity contribution is 5.89. The Morgan fingerprint density at radius 2 is 2.24 bits per heavy atom. The van der Waals surface area contributed by atoms with E-state index in [0.29, 0.717) is 12.2 Å². The predicted octanol–water partition coefficient (Wildman–Crippen LogP) is 2.72. The molecule has 1 aromatic rings. The van der Waals surface area contributed by atoms with E-state index >= 15 is 0 Å². The van der Waals surface area contributed by atoms with Crippen molar-refractivity contribution in [2.75, 3.05) is 5.32 Å². The molecule has 1 saturated carbocycles. The van der Waals surface area contributed by atoms with Crippen LogP contribution in [0.5, 0.6) is 0 Å². The summed E-state index contributed by atoms with van der Waals surface area (Å²) in [6.45, 7) is 0. The van der Waals surface area contributed by atoms with Gasteiger partial charge in [0.1, 0.15) is 0 Å². The van der Waals surface area contributed by atoms with Gasteiger partial charge >= 0.3 is 0 Å². The molecule has 4 nitrogen and oxygen atoms in total. The van der Waals surface area contributed by atoms with E-state index in [9.17, 15) is 4.79 Å². The molecule has 1 N–H and O–H groups in total. The third-order valence-corrected chi connectivity index (χ3v) is 3.49. The molecule has 1 fully saturated rings. The van der Waals surface area contributed by atoms with Gasteiger partial charge in [-0.15, -0.1) is 0 Å². The summed E-state index contributed by atoms with van der Waals surface area (Å²) in [6, 6.07) is 1.82. The van der Waals surface area contributed by atoms with Crippen molar-refractivity contribution >= 4 is 11.7 Å². The van der Waals surface area contributed by atoms with Crippen LogP contribution in [0.4, 0.5) is 5.82 Å². The molecule has 0 spiro atoms. The summed E-state index contributed by atoms with van der Waals surface area (Å²) in [7, 11) is 1.84. The first-order chi connectivity index (χ1) is 8.24. The van der Waals surface area contributed by atoms with E-state index in [1.807, 2.05) is 19.3 Å². The van der Waals surface area contributed by atoms with Crippen LogP contribution < -0.4 is 5.32 Å². The van der Waals surface area contributed by atoms with Gasteiger partial charge in [0.25, 0.3) is 0 Å². The topological polar surface area (TPSA) is 46.9 Å². The molecular weight excluding hydrogens is 214 g/mol. The number of aromatic nitrogens is 2. The van der Waals surface area contributed by atoms with Gasteiger partial charge in [0.05, 0.1) is 0 Å². The lowest BCUT2D eigenvalue weighted by Gasteiger charge is -2.20. The highest BCUT2D eigenvalue weighted by Crippen LogP contribution is 2.27. The molecule has 0 unspecified atom stereocenters. The first-order valence-corrected chi connectivity index (χ1v) is 6.53.